The molecule has 2 amide bonds. The largest absolute Gasteiger partial charge is 0.281 e. The van der Waals surface area contributed by atoms with Crippen LogP contribution in [0.15, 0.2) is 0 Å². The van der Waals surface area contributed by atoms with Gasteiger partial charge < -0.3 is 0 Å². The molecule has 1 atom stereocenters. The predicted octanol–water partition coefficient (Wildman–Crippen LogP) is 2.26. The van der Waals surface area contributed by atoms with E-state index in [0.717, 1.165) is 12.8 Å². The number of imide groups is 1. The van der Waals surface area contributed by atoms with E-state index in [1.807, 2.05) is 0 Å². The van der Waals surface area contributed by atoms with Crippen LogP contribution in [0.3, 0.4) is 0 Å². The van der Waals surface area contributed by atoms with E-state index < -0.39 is 5.25 Å². The summed E-state index contributed by atoms with van der Waals surface area (Å²) in [6.45, 7) is 5.20. The van der Waals surface area contributed by atoms with Gasteiger partial charge in [0.2, 0.25) is 11.8 Å². The summed E-state index contributed by atoms with van der Waals surface area (Å²) >= 11 is 4.14. The highest BCUT2D eigenvalue weighted by Gasteiger charge is 2.38. The van der Waals surface area contributed by atoms with Crippen molar-refractivity contribution >= 4 is 24.4 Å². The summed E-state index contributed by atoms with van der Waals surface area (Å²) in [5.74, 6) is 0.359. The van der Waals surface area contributed by atoms with Crippen molar-refractivity contribution in [2.24, 2.45) is 11.3 Å². The van der Waals surface area contributed by atoms with Crippen LogP contribution in [0.5, 0.6) is 0 Å². The number of thiol groups is 1. The van der Waals surface area contributed by atoms with Crippen molar-refractivity contribution in [2.75, 3.05) is 6.54 Å². The van der Waals surface area contributed by atoms with Crippen molar-refractivity contribution in [3.8, 4) is 0 Å². The van der Waals surface area contributed by atoms with Crippen LogP contribution >= 0.6 is 12.6 Å². The van der Waals surface area contributed by atoms with E-state index in [1.165, 1.54) is 17.7 Å². The van der Waals surface area contributed by atoms with E-state index in [0.29, 0.717) is 17.9 Å². The first-order valence-electron chi connectivity index (χ1n) is 6.41. The third kappa shape index (κ3) is 2.84. The molecule has 0 aromatic rings. The number of nitrogens with zero attached hydrogens (tertiary/aromatic N) is 1. The highest BCUT2D eigenvalue weighted by molar-refractivity contribution is 7.81. The Morgan fingerprint density at radius 3 is 2.35 bits per heavy atom. The summed E-state index contributed by atoms with van der Waals surface area (Å²) in [7, 11) is 0. The molecule has 1 saturated carbocycles. The number of rotatable bonds is 2. The van der Waals surface area contributed by atoms with Crippen molar-refractivity contribution in [1.82, 2.24) is 4.90 Å². The first-order valence-corrected chi connectivity index (χ1v) is 6.93. The molecule has 0 N–H and O–H groups in total. The lowest BCUT2D eigenvalue weighted by atomic mass is 9.73. The highest BCUT2D eigenvalue weighted by atomic mass is 32.1. The van der Waals surface area contributed by atoms with Gasteiger partial charge in [-0.2, -0.15) is 12.6 Å². The van der Waals surface area contributed by atoms with Crippen LogP contribution in [0.25, 0.3) is 0 Å². The molecule has 0 spiro atoms. The van der Waals surface area contributed by atoms with Gasteiger partial charge in [-0.25, -0.2) is 0 Å². The molecule has 2 rings (SSSR count). The molecule has 4 heteroatoms. The number of hydrogen-bond acceptors (Lipinski definition) is 3. The second-order valence-electron chi connectivity index (χ2n) is 6.17. The minimum Gasteiger partial charge on any atom is -0.281 e. The molecule has 0 radical (unpaired) electrons. The molecule has 1 aliphatic carbocycles. The van der Waals surface area contributed by atoms with Crippen LogP contribution in [-0.2, 0) is 9.59 Å². The van der Waals surface area contributed by atoms with Gasteiger partial charge in [-0.15, -0.1) is 0 Å². The van der Waals surface area contributed by atoms with Crippen LogP contribution in [0, 0.1) is 11.3 Å². The molecule has 3 nitrogen and oxygen atoms in total. The third-order valence-corrected chi connectivity index (χ3v) is 4.52. The maximum absolute atomic E-state index is 11.7. The number of hydrogen-bond donors (Lipinski definition) is 1. The topological polar surface area (TPSA) is 37.4 Å². The van der Waals surface area contributed by atoms with Gasteiger partial charge in [-0.3, -0.25) is 14.5 Å². The predicted molar refractivity (Wildman–Crippen MR) is 69.9 cm³/mol. The zero-order valence-corrected chi connectivity index (χ0v) is 11.5. The summed E-state index contributed by atoms with van der Waals surface area (Å²) in [6, 6.07) is 0. The fourth-order valence-corrected chi connectivity index (χ4v) is 3.05. The molecule has 1 heterocycles. The van der Waals surface area contributed by atoms with Gasteiger partial charge in [0.1, 0.15) is 0 Å². The number of likely N-dealkylation sites (tertiary alicyclic amines) is 1. The number of amides is 2. The molecular weight excluding hydrogens is 234 g/mol. The Morgan fingerprint density at radius 1 is 1.29 bits per heavy atom. The smallest absolute Gasteiger partial charge is 0.242 e. The Kier molecular flexibility index (Phi) is 3.53. The SMILES string of the molecule is CC1(C)CCC(CN2C(=O)CC(S)C2=O)CC1. The summed E-state index contributed by atoms with van der Waals surface area (Å²) in [5, 5.41) is -0.400. The van der Waals surface area contributed by atoms with Crippen molar-refractivity contribution in [2.45, 2.75) is 51.2 Å². The normalized spacial score (nSPS) is 30.1. The molecule has 96 valence electrons. The maximum Gasteiger partial charge on any atom is 0.242 e. The van der Waals surface area contributed by atoms with Gasteiger partial charge in [0.25, 0.3) is 0 Å². The van der Waals surface area contributed by atoms with Gasteiger partial charge >= 0.3 is 0 Å². The van der Waals surface area contributed by atoms with Gasteiger partial charge in [0.15, 0.2) is 0 Å². The standard InChI is InChI=1S/C13H21NO2S/c1-13(2)5-3-9(4-6-13)8-14-11(15)7-10(17)12(14)16/h9-10,17H,3-8H2,1-2H3. The summed E-state index contributed by atoms with van der Waals surface area (Å²) in [6.07, 6.45) is 4.92. The quantitative estimate of drug-likeness (QED) is 0.607. The van der Waals surface area contributed by atoms with Crippen molar-refractivity contribution in [1.29, 1.82) is 0 Å². The zero-order valence-electron chi connectivity index (χ0n) is 10.6. The molecule has 1 aliphatic heterocycles. The summed E-state index contributed by atoms with van der Waals surface area (Å²) in [4.78, 5) is 24.8. The number of carbonyl (C=O) groups excluding carboxylic acids is 2. The van der Waals surface area contributed by atoms with E-state index in [1.54, 1.807) is 0 Å². The second-order valence-corrected chi connectivity index (χ2v) is 6.79. The second kappa shape index (κ2) is 4.63. The Hall–Kier alpha value is -0.510. The Balaban J connectivity index is 1.90. The van der Waals surface area contributed by atoms with Crippen LogP contribution in [0.4, 0.5) is 0 Å². The van der Waals surface area contributed by atoms with Gasteiger partial charge in [0, 0.05) is 13.0 Å². The van der Waals surface area contributed by atoms with Crippen LogP contribution in [0.2, 0.25) is 0 Å². The molecule has 0 bridgehead atoms. The molecule has 2 fully saturated rings. The lowest BCUT2D eigenvalue weighted by Crippen LogP contribution is -2.37. The first-order chi connectivity index (χ1) is 7.89. The average Bonchev–Trinajstić information content (AvgIpc) is 2.48. The van der Waals surface area contributed by atoms with Crippen LogP contribution in [0.1, 0.15) is 46.0 Å². The van der Waals surface area contributed by atoms with Crippen molar-refractivity contribution in [3.63, 3.8) is 0 Å². The van der Waals surface area contributed by atoms with E-state index in [9.17, 15) is 9.59 Å². The minimum absolute atomic E-state index is 0.0418. The van der Waals surface area contributed by atoms with Crippen molar-refractivity contribution < 1.29 is 9.59 Å². The maximum atomic E-state index is 11.7. The fourth-order valence-electron chi connectivity index (χ4n) is 2.76. The molecular formula is C13H21NO2S. The molecule has 0 aromatic heterocycles. The molecule has 1 unspecified atom stereocenters. The zero-order chi connectivity index (χ0) is 12.6. The molecule has 0 aromatic carbocycles. The third-order valence-electron chi connectivity index (χ3n) is 4.12. The van der Waals surface area contributed by atoms with Crippen molar-refractivity contribution in [3.05, 3.63) is 0 Å². The minimum atomic E-state index is -0.400. The Morgan fingerprint density at radius 2 is 1.88 bits per heavy atom. The van der Waals surface area contributed by atoms with Crippen LogP contribution < -0.4 is 0 Å². The van der Waals surface area contributed by atoms with Gasteiger partial charge in [0.05, 0.1) is 5.25 Å². The summed E-state index contributed by atoms with van der Waals surface area (Å²) < 4.78 is 0. The van der Waals surface area contributed by atoms with Gasteiger partial charge in [-0.1, -0.05) is 13.8 Å². The van der Waals surface area contributed by atoms with E-state index in [-0.39, 0.29) is 18.2 Å². The van der Waals surface area contributed by atoms with E-state index in [4.69, 9.17) is 0 Å². The van der Waals surface area contributed by atoms with Gasteiger partial charge in [-0.05, 0) is 37.0 Å². The average molecular weight is 255 g/mol. The van der Waals surface area contributed by atoms with E-state index in [2.05, 4.69) is 26.5 Å². The highest BCUT2D eigenvalue weighted by Crippen LogP contribution is 2.38. The van der Waals surface area contributed by atoms with Crippen LogP contribution in [-0.4, -0.2) is 28.5 Å². The molecule has 1 saturated heterocycles. The molecule has 17 heavy (non-hydrogen) atoms. The lowest BCUT2D eigenvalue weighted by Gasteiger charge is -2.35. The fraction of sp³-hybridized carbons (Fsp3) is 0.846. The Bertz CT molecular complexity index is 330. The monoisotopic (exact) mass is 255 g/mol. The number of carbonyl (C=O) groups is 2. The lowest BCUT2D eigenvalue weighted by molar-refractivity contribution is -0.139. The molecule has 2 aliphatic rings. The van der Waals surface area contributed by atoms with E-state index >= 15 is 0 Å². The first kappa shape index (κ1) is 12.9. The summed E-state index contributed by atoms with van der Waals surface area (Å²) in [5.41, 5.74) is 0.432. The Labute approximate surface area is 108 Å².